The summed E-state index contributed by atoms with van der Waals surface area (Å²) >= 11 is 0. The molecule has 0 aromatic carbocycles. The van der Waals surface area contributed by atoms with Gasteiger partial charge in [0, 0.05) is 0 Å². The largest absolute Gasteiger partial charge is 0.248 e. The number of hydrogen-bond acceptors (Lipinski definition) is 0. The van der Waals surface area contributed by atoms with Gasteiger partial charge in [0.25, 0.3) is 0 Å². The maximum absolute atomic E-state index is 12.5. The molecule has 0 spiro atoms. The SMILES string of the molecule is C=C(C)CC(=C)C(C)CCCC(C)F. The molecule has 0 saturated carbocycles. The summed E-state index contributed by atoms with van der Waals surface area (Å²) in [6.45, 7) is 13.7. The van der Waals surface area contributed by atoms with Crippen molar-refractivity contribution in [2.75, 3.05) is 0 Å². The molecule has 0 saturated heterocycles. The summed E-state index contributed by atoms with van der Waals surface area (Å²) in [4.78, 5) is 0. The fourth-order valence-corrected chi connectivity index (χ4v) is 1.47. The van der Waals surface area contributed by atoms with E-state index in [0.717, 1.165) is 24.8 Å². The molecular weight excluding hydrogens is 175 g/mol. The van der Waals surface area contributed by atoms with Gasteiger partial charge in [-0.05, 0) is 45.4 Å². The van der Waals surface area contributed by atoms with Gasteiger partial charge in [0.1, 0.15) is 0 Å². The zero-order valence-corrected chi connectivity index (χ0v) is 9.78. The Hall–Kier alpha value is -0.590. The molecule has 0 bridgehead atoms. The average Bonchev–Trinajstić information content (AvgIpc) is 2.01. The van der Waals surface area contributed by atoms with E-state index in [0.29, 0.717) is 12.3 Å². The maximum Gasteiger partial charge on any atom is 0.0973 e. The van der Waals surface area contributed by atoms with Crippen LogP contribution >= 0.6 is 0 Å². The van der Waals surface area contributed by atoms with Crippen LogP contribution in [0.5, 0.6) is 0 Å². The highest BCUT2D eigenvalue weighted by Gasteiger charge is 2.07. The summed E-state index contributed by atoms with van der Waals surface area (Å²) in [7, 11) is 0. The van der Waals surface area contributed by atoms with Crippen LogP contribution in [0.2, 0.25) is 0 Å². The first-order valence-electron chi connectivity index (χ1n) is 5.39. The molecule has 0 aliphatic carbocycles. The standard InChI is InChI=1S/C13H23F/c1-10(2)9-12(4)11(3)7-6-8-13(5)14/h11,13H,1,4,6-9H2,2-3,5H3. The minimum atomic E-state index is -0.670. The van der Waals surface area contributed by atoms with Crippen molar-refractivity contribution in [3.05, 3.63) is 24.3 Å². The van der Waals surface area contributed by atoms with Crippen LogP contribution in [-0.4, -0.2) is 6.17 Å². The Morgan fingerprint density at radius 1 is 1.21 bits per heavy atom. The number of alkyl halides is 1. The summed E-state index contributed by atoms with van der Waals surface area (Å²) in [5.41, 5.74) is 2.38. The first kappa shape index (κ1) is 13.4. The Morgan fingerprint density at radius 2 is 1.79 bits per heavy atom. The van der Waals surface area contributed by atoms with Crippen LogP contribution < -0.4 is 0 Å². The number of allylic oxidation sites excluding steroid dienone is 2. The van der Waals surface area contributed by atoms with Crippen molar-refractivity contribution in [1.82, 2.24) is 0 Å². The molecule has 82 valence electrons. The van der Waals surface area contributed by atoms with Gasteiger partial charge in [-0.15, -0.1) is 0 Å². The molecule has 0 radical (unpaired) electrons. The van der Waals surface area contributed by atoms with Crippen molar-refractivity contribution >= 4 is 0 Å². The van der Waals surface area contributed by atoms with Gasteiger partial charge in [-0.25, -0.2) is 4.39 Å². The molecule has 0 nitrogen and oxygen atoms in total. The van der Waals surface area contributed by atoms with Crippen LogP contribution in [-0.2, 0) is 0 Å². The fraction of sp³-hybridized carbons (Fsp3) is 0.692. The van der Waals surface area contributed by atoms with Crippen molar-refractivity contribution in [3.63, 3.8) is 0 Å². The van der Waals surface area contributed by atoms with Crippen LogP contribution in [0.25, 0.3) is 0 Å². The molecule has 0 heterocycles. The van der Waals surface area contributed by atoms with Crippen LogP contribution in [0.1, 0.15) is 46.5 Å². The van der Waals surface area contributed by atoms with E-state index in [2.05, 4.69) is 20.1 Å². The van der Waals surface area contributed by atoms with Crippen LogP contribution in [0, 0.1) is 5.92 Å². The van der Waals surface area contributed by atoms with E-state index in [4.69, 9.17) is 0 Å². The summed E-state index contributed by atoms with van der Waals surface area (Å²) in [5, 5.41) is 0. The first-order chi connectivity index (χ1) is 6.43. The van der Waals surface area contributed by atoms with Crippen molar-refractivity contribution in [3.8, 4) is 0 Å². The monoisotopic (exact) mass is 198 g/mol. The van der Waals surface area contributed by atoms with Gasteiger partial charge in [0.15, 0.2) is 0 Å². The normalized spacial score (nSPS) is 14.9. The summed E-state index contributed by atoms with van der Waals surface area (Å²) in [5.74, 6) is 0.491. The molecule has 0 aliphatic rings. The molecular formula is C13H23F. The quantitative estimate of drug-likeness (QED) is 0.521. The molecule has 2 unspecified atom stereocenters. The van der Waals surface area contributed by atoms with Crippen molar-refractivity contribution < 1.29 is 4.39 Å². The lowest BCUT2D eigenvalue weighted by molar-refractivity contribution is 0.325. The van der Waals surface area contributed by atoms with E-state index in [1.807, 2.05) is 6.92 Å². The van der Waals surface area contributed by atoms with Gasteiger partial charge in [-0.3, -0.25) is 0 Å². The molecule has 0 aliphatic heterocycles. The second-order valence-electron chi connectivity index (χ2n) is 4.40. The van der Waals surface area contributed by atoms with E-state index in [9.17, 15) is 4.39 Å². The van der Waals surface area contributed by atoms with E-state index in [-0.39, 0.29) is 0 Å². The second kappa shape index (κ2) is 6.80. The predicted molar refractivity (Wildman–Crippen MR) is 62.2 cm³/mol. The van der Waals surface area contributed by atoms with Crippen LogP contribution in [0.4, 0.5) is 4.39 Å². The number of rotatable bonds is 7. The van der Waals surface area contributed by atoms with Gasteiger partial charge in [0.2, 0.25) is 0 Å². The zero-order chi connectivity index (χ0) is 11.1. The van der Waals surface area contributed by atoms with Gasteiger partial charge in [-0.2, -0.15) is 0 Å². The molecule has 0 amide bonds. The highest BCUT2D eigenvalue weighted by molar-refractivity contribution is 5.09. The lowest BCUT2D eigenvalue weighted by Gasteiger charge is -2.14. The molecule has 0 N–H and O–H groups in total. The maximum atomic E-state index is 12.5. The van der Waals surface area contributed by atoms with Gasteiger partial charge >= 0.3 is 0 Å². The van der Waals surface area contributed by atoms with Crippen LogP contribution in [0.3, 0.4) is 0 Å². The highest BCUT2D eigenvalue weighted by atomic mass is 19.1. The first-order valence-corrected chi connectivity index (χ1v) is 5.39. The third-order valence-corrected chi connectivity index (χ3v) is 2.46. The van der Waals surface area contributed by atoms with Crippen molar-refractivity contribution in [1.29, 1.82) is 0 Å². The minimum Gasteiger partial charge on any atom is -0.248 e. The Morgan fingerprint density at radius 3 is 2.21 bits per heavy atom. The summed E-state index contributed by atoms with van der Waals surface area (Å²) in [6.07, 6.45) is 2.91. The third kappa shape index (κ3) is 6.88. The van der Waals surface area contributed by atoms with E-state index in [1.165, 1.54) is 5.57 Å². The molecule has 0 aromatic rings. The molecule has 14 heavy (non-hydrogen) atoms. The van der Waals surface area contributed by atoms with Crippen LogP contribution in [0.15, 0.2) is 24.3 Å². The smallest absolute Gasteiger partial charge is 0.0973 e. The van der Waals surface area contributed by atoms with E-state index >= 15 is 0 Å². The number of hydrogen-bond donors (Lipinski definition) is 0. The van der Waals surface area contributed by atoms with Crippen molar-refractivity contribution in [2.24, 2.45) is 5.92 Å². The molecule has 0 aromatic heterocycles. The topological polar surface area (TPSA) is 0 Å². The highest BCUT2D eigenvalue weighted by Crippen LogP contribution is 2.22. The lowest BCUT2D eigenvalue weighted by Crippen LogP contribution is -2.01. The Labute approximate surface area is 87.9 Å². The Kier molecular flexibility index (Phi) is 6.52. The minimum absolute atomic E-state index is 0.491. The van der Waals surface area contributed by atoms with Crippen molar-refractivity contribution in [2.45, 2.75) is 52.6 Å². The molecule has 1 heteroatoms. The predicted octanol–water partition coefficient (Wildman–Crippen LogP) is 4.67. The number of halogens is 1. The summed E-state index contributed by atoms with van der Waals surface area (Å²) in [6, 6.07) is 0. The molecule has 0 fully saturated rings. The summed E-state index contributed by atoms with van der Waals surface area (Å²) < 4.78 is 12.5. The Bertz CT molecular complexity index is 191. The molecule has 2 atom stereocenters. The third-order valence-electron chi connectivity index (χ3n) is 2.46. The van der Waals surface area contributed by atoms with Gasteiger partial charge in [-0.1, -0.05) is 31.2 Å². The Balaban J connectivity index is 3.67. The second-order valence-corrected chi connectivity index (χ2v) is 4.40. The lowest BCUT2D eigenvalue weighted by atomic mass is 9.92. The fourth-order valence-electron chi connectivity index (χ4n) is 1.47. The van der Waals surface area contributed by atoms with Gasteiger partial charge in [0.05, 0.1) is 6.17 Å². The average molecular weight is 198 g/mol. The van der Waals surface area contributed by atoms with Gasteiger partial charge < -0.3 is 0 Å². The van der Waals surface area contributed by atoms with E-state index < -0.39 is 6.17 Å². The van der Waals surface area contributed by atoms with E-state index in [1.54, 1.807) is 6.92 Å². The molecule has 0 rings (SSSR count). The zero-order valence-electron chi connectivity index (χ0n) is 9.78.